The highest BCUT2D eigenvalue weighted by Crippen LogP contribution is 2.21. The van der Waals surface area contributed by atoms with Crippen molar-refractivity contribution in [2.45, 2.75) is 47.0 Å². The molecule has 1 aliphatic rings. The zero-order valence-corrected chi connectivity index (χ0v) is 15.6. The summed E-state index contributed by atoms with van der Waals surface area (Å²) in [6, 6.07) is 7.88. The molecular formula is C20H30N2O2. The van der Waals surface area contributed by atoms with Gasteiger partial charge in [-0.3, -0.25) is 9.59 Å². The van der Waals surface area contributed by atoms with Crippen LogP contribution in [0, 0.1) is 5.41 Å². The molecule has 2 amide bonds. The first-order chi connectivity index (χ1) is 11.2. The first-order valence-corrected chi connectivity index (χ1v) is 8.84. The fraction of sp³-hybridized carbons (Fsp3) is 0.600. The monoisotopic (exact) mass is 330 g/mol. The van der Waals surface area contributed by atoms with Crippen LogP contribution in [0.3, 0.4) is 0 Å². The number of benzene rings is 1. The number of carbonyl (C=O) groups is 2. The molecule has 0 spiro atoms. The summed E-state index contributed by atoms with van der Waals surface area (Å²) in [5.74, 6) is 0.718. The number of carbonyl (C=O) groups excluding carboxylic acids is 2. The lowest BCUT2D eigenvalue weighted by atomic mass is 9.91. The van der Waals surface area contributed by atoms with Crippen molar-refractivity contribution in [2.24, 2.45) is 5.41 Å². The molecule has 132 valence electrons. The standard InChI is InChI=1S/C20H30N2O2/c1-15(2)16-6-8-17(9-7-16)19(24)22-12-10-21(11-13-22)18(23)14-20(3,4)5/h6-9,15H,10-14H2,1-5H3. The molecule has 1 heterocycles. The largest absolute Gasteiger partial charge is 0.339 e. The molecule has 1 fully saturated rings. The summed E-state index contributed by atoms with van der Waals surface area (Å²) in [5.41, 5.74) is 1.97. The summed E-state index contributed by atoms with van der Waals surface area (Å²) in [5, 5.41) is 0. The number of amides is 2. The van der Waals surface area contributed by atoms with Gasteiger partial charge in [0, 0.05) is 38.2 Å². The Hall–Kier alpha value is -1.84. The lowest BCUT2D eigenvalue weighted by Crippen LogP contribution is -2.51. The third-order valence-corrected chi connectivity index (χ3v) is 4.43. The van der Waals surface area contributed by atoms with E-state index in [2.05, 4.69) is 34.6 Å². The molecule has 0 radical (unpaired) electrons. The second-order valence-electron chi connectivity index (χ2n) is 8.19. The molecule has 1 aromatic carbocycles. The summed E-state index contributed by atoms with van der Waals surface area (Å²) in [6.45, 7) is 13.0. The molecule has 4 heteroatoms. The predicted octanol–water partition coefficient (Wildman–Crippen LogP) is 3.53. The highest BCUT2D eigenvalue weighted by molar-refractivity contribution is 5.94. The first-order valence-electron chi connectivity index (χ1n) is 8.84. The van der Waals surface area contributed by atoms with Crippen molar-refractivity contribution in [3.63, 3.8) is 0 Å². The van der Waals surface area contributed by atoms with Gasteiger partial charge in [-0.1, -0.05) is 46.8 Å². The van der Waals surface area contributed by atoms with Crippen LogP contribution in [-0.2, 0) is 4.79 Å². The highest BCUT2D eigenvalue weighted by atomic mass is 16.2. The molecule has 0 bridgehead atoms. The van der Waals surface area contributed by atoms with E-state index in [1.54, 1.807) is 0 Å². The molecule has 0 atom stereocenters. The molecule has 0 aliphatic carbocycles. The Balaban J connectivity index is 1.92. The normalized spacial score (nSPS) is 15.8. The summed E-state index contributed by atoms with van der Waals surface area (Å²) in [7, 11) is 0. The minimum absolute atomic E-state index is 0.00218. The summed E-state index contributed by atoms with van der Waals surface area (Å²) in [6.07, 6.45) is 0.553. The van der Waals surface area contributed by atoms with Crippen LogP contribution in [0.1, 0.15) is 62.9 Å². The van der Waals surface area contributed by atoms with E-state index in [-0.39, 0.29) is 17.2 Å². The van der Waals surface area contributed by atoms with Gasteiger partial charge in [-0.15, -0.1) is 0 Å². The van der Waals surface area contributed by atoms with Crippen molar-refractivity contribution in [3.8, 4) is 0 Å². The Labute approximate surface area is 145 Å². The Bertz CT molecular complexity index is 577. The average molecular weight is 330 g/mol. The van der Waals surface area contributed by atoms with Crippen LogP contribution in [0.15, 0.2) is 24.3 Å². The van der Waals surface area contributed by atoms with Crippen LogP contribution < -0.4 is 0 Å². The van der Waals surface area contributed by atoms with Crippen molar-refractivity contribution < 1.29 is 9.59 Å². The van der Waals surface area contributed by atoms with Gasteiger partial charge in [0.15, 0.2) is 0 Å². The van der Waals surface area contributed by atoms with Crippen molar-refractivity contribution in [2.75, 3.05) is 26.2 Å². The van der Waals surface area contributed by atoms with Gasteiger partial charge in [-0.25, -0.2) is 0 Å². The molecule has 24 heavy (non-hydrogen) atoms. The van der Waals surface area contributed by atoms with Crippen molar-refractivity contribution in [1.29, 1.82) is 0 Å². The van der Waals surface area contributed by atoms with E-state index in [1.165, 1.54) is 5.56 Å². The number of nitrogens with zero attached hydrogens (tertiary/aromatic N) is 2. The van der Waals surface area contributed by atoms with Crippen LogP contribution in [0.4, 0.5) is 0 Å². The first kappa shape index (κ1) is 18.5. The van der Waals surface area contributed by atoms with E-state index < -0.39 is 0 Å². The fourth-order valence-corrected chi connectivity index (χ4v) is 2.92. The molecule has 4 nitrogen and oxygen atoms in total. The zero-order chi connectivity index (χ0) is 17.9. The van der Waals surface area contributed by atoms with Gasteiger partial charge in [0.05, 0.1) is 0 Å². The smallest absolute Gasteiger partial charge is 0.253 e. The Morgan fingerprint density at radius 3 is 1.92 bits per heavy atom. The molecule has 0 N–H and O–H groups in total. The Morgan fingerprint density at radius 2 is 1.46 bits per heavy atom. The maximum atomic E-state index is 12.6. The molecule has 2 rings (SSSR count). The van der Waals surface area contributed by atoms with Gasteiger partial charge >= 0.3 is 0 Å². The van der Waals surface area contributed by atoms with Crippen molar-refractivity contribution in [3.05, 3.63) is 35.4 Å². The lowest BCUT2D eigenvalue weighted by Gasteiger charge is -2.36. The van der Waals surface area contributed by atoms with E-state index >= 15 is 0 Å². The van der Waals surface area contributed by atoms with Crippen molar-refractivity contribution in [1.82, 2.24) is 9.80 Å². The summed E-state index contributed by atoms with van der Waals surface area (Å²) in [4.78, 5) is 28.6. The van der Waals surface area contributed by atoms with Crippen LogP contribution in [-0.4, -0.2) is 47.8 Å². The number of hydrogen-bond acceptors (Lipinski definition) is 2. The third-order valence-electron chi connectivity index (χ3n) is 4.43. The van der Waals surface area contributed by atoms with Crippen LogP contribution in [0.5, 0.6) is 0 Å². The average Bonchev–Trinajstić information content (AvgIpc) is 2.53. The van der Waals surface area contributed by atoms with Crippen LogP contribution in [0.25, 0.3) is 0 Å². The minimum Gasteiger partial charge on any atom is -0.339 e. The molecule has 1 saturated heterocycles. The maximum absolute atomic E-state index is 12.6. The Kier molecular flexibility index (Phi) is 5.68. The predicted molar refractivity (Wildman–Crippen MR) is 97.1 cm³/mol. The van der Waals surface area contributed by atoms with Crippen LogP contribution in [0.2, 0.25) is 0 Å². The quantitative estimate of drug-likeness (QED) is 0.850. The Morgan fingerprint density at radius 1 is 0.958 bits per heavy atom. The zero-order valence-electron chi connectivity index (χ0n) is 15.6. The van der Waals surface area contributed by atoms with Crippen molar-refractivity contribution >= 4 is 11.8 Å². The van der Waals surface area contributed by atoms with E-state index in [0.29, 0.717) is 38.5 Å². The second-order valence-corrected chi connectivity index (χ2v) is 8.19. The van der Waals surface area contributed by atoms with Gasteiger partial charge in [0.25, 0.3) is 5.91 Å². The molecule has 1 aliphatic heterocycles. The summed E-state index contributed by atoms with van der Waals surface area (Å²) >= 11 is 0. The molecular weight excluding hydrogens is 300 g/mol. The van der Waals surface area contributed by atoms with Crippen LogP contribution >= 0.6 is 0 Å². The molecule has 1 aromatic rings. The van der Waals surface area contributed by atoms with E-state index in [9.17, 15) is 9.59 Å². The topological polar surface area (TPSA) is 40.6 Å². The number of hydrogen-bond donors (Lipinski definition) is 0. The molecule has 0 saturated carbocycles. The van der Waals surface area contributed by atoms with Gasteiger partial charge in [0.2, 0.25) is 5.91 Å². The number of rotatable bonds is 3. The van der Waals surface area contributed by atoms with E-state index in [1.807, 2.05) is 34.1 Å². The molecule has 0 unspecified atom stereocenters. The van der Waals surface area contributed by atoms with Gasteiger partial charge in [0.1, 0.15) is 0 Å². The number of piperazine rings is 1. The van der Waals surface area contributed by atoms with E-state index in [0.717, 1.165) is 5.56 Å². The van der Waals surface area contributed by atoms with E-state index in [4.69, 9.17) is 0 Å². The maximum Gasteiger partial charge on any atom is 0.253 e. The van der Waals surface area contributed by atoms with Gasteiger partial charge < -0.3 is 9.80 Å². The van der Waals surface area contributed by atoms with Gasteiger partial charge in [-0.05, 0) is 29.0 Å². The summed E-state index contributed by atoms with van der Waals surface area (Å²) < 4.78 is 0. The highest BCUT2D eigenvalue weighted by Gasteiger charge is 2.27. The fourth-order valence-electron chi connectivity index (χ4n) is 2.92. The molecule has 0 aromatic heterocycles. The third kappa shape index (κ3) is 4.83. The SMILES string of the molecule is CC(C)c1ccc(C(=O)N2CCN(C(=O)CC(C)(C)C)CC2)cc1. The minimum atomic E-state index is 0.00218. The second kappa shape index (κ2) is 7.37. The van der Waals surface area contributed by atoms with Gasteiger partial charge in [-0.2, -0.15) is 0 Å². The lowest BCUT2D eigenvalue weighted by molar-refractivity contribution is -0.134.